The Morgan fingerprint density at radius 3 is 2.75 bits per heavy atom. The van der Waals surface area contributed by atoms with E-state index in [2.05, 4.69) is 15.4 Å². The van der Waals surface area contributed by atoms with Gasteiger partial charge in [0.25, 0.3) is 0 Å². The van der Waals surface area contributed by atoms with Gasteiger partial charge in [-0.15, -0.1) is 0 Å². The average Bonchev–Trinajstić information content (AvgIpc) is 2.97. The van der Waals surface area contributed by atoms with Crippen molar-refractivity contribution in [3.05, 3.63) is 11.8 Å². The lowest BCUT2D eigenvalue weighted by atomic mass is 10.3. The maximum absolute atomic E-state index is 12.3. The van der Waals surface area contributed by atoms with E-state index in [1.165, 1.54) is 0 Å². The fourth-order valence-electron chi connectivity index (χ4n) is 2.53. The van der Waals surface area contributed by atoms with Gasteiger partial charge in [-0.1, -0.05) is 12.1 Å². The number of nitrogens with zero attached hydrogens (tertiary/aromatic N) is 3. The van der Waals surface area contributed by atoms with Crippen LogP contribution in [0.5, 0.6) is 0 Å². The number of hydrogen-bond acceptors (Lipinski definition) is 6. The Morgan fingerprint density at radius 1 is 1.38 bits per heavy atom. The van der Waals surface area contributed by atoms with Gasteiger partial charge in [0, 0.05) is 38.7 Å². The van der Waals surface area contributed by atoms with Gasteiger partial charge in [0.1, 0.15) is 5.76 Å². The average molecular weight is 338 g/mol. The van der Waals surface area contributed by atoms with E-state index in [0.717, 1.165) is 39.3 Å². The van der Waals surface area contributed by atoms with Crippen molar-refractivity contribution < 1.29 is 18.8 Å². The van der Waals surface area contributed by atoms with Gasteiger partial charge in [-0.2, -0.15) is 0 Å². The topological polar surface area (TPSA) is 87.9 Å². The third kappa shape index (κ3) is 5.93. The summed E-state index contributed by atoms with van der Waals surface area (Å²) in [7, 11) is 0. The van der Waals surface area contributed by atoms with Crippen molar-refractivity contribution in [1.82, 2.24) is 15.0 Å². The molecule has 134 valence electrons. The molecular formula is C16H26N4O4. The summed E-state index contributed by atoms with van der Waals surface area (Å²) in [5.41, 5.74) is 0. The standard InChI is InChI=1S/C16H26N4O4/c1-3-4-16(22)20(6-5-19-7-9-23-10-8-19)12-15(21)17-14-11-13(2)24-18-14/h11H,3-10,12H2,1-2H3,(H,17,18,21). The first kappa shape index (κ1) is 18.4. The summed E-state index contributed by atoms with van der Waals surface area (Å²) in [5, 5.41) is 6.39. The number of carbonyl (C=O) groups excluding carboxylic acids is 2. The molecule has 1 aliphatic rings. The number of morpholine rings is 1. The number of rotatable bonds is 8. The largest absolute Gasteiger partial charge is 0.379 e. The van der Waals surface area contributed by atoms with E-state index in [-0.39, 0.29) is 18.4 Å². The molecule has 1 aliphatic heterocycles. The van der Waals surface area contributed by atoms with Crippen LogP contribution in [0.2, 0.25) is 0 Å². The lowest BCUT2D eigenvalue weighted by molar-refractivity contribution is -0.135. The smallest absolute Gasteiger partial charge is 0.245 e. The Hall–Kier alpha value is -1.93. The number of aromatic nitrogens is 1. The maximum atomic E-state index is 12.3. The van der Waals surface area contributed by atoms with Crippen LogP contribution in [0.3, 0.4) is 0 Å². The Labute approximate surface area is 142 Å². The molecule has 0 aromatic carbocycles. The minimum atomic E-state index is -0.269. The van der Waals surface area contributed by atoms with Gasteiger partial charge in [0.2, 0.25) is 11.8 Å². The Morgan fingerprint density at radius 2 is 2.12 bits per heavy atom. The highest BCUT2D eigenvalue weighted by Gasteiger charge is 2.19. The summed E-state index contributed by atoms with van der Waals surface area (Å²) in [4.78, 5) is 28.3. The van der Waals surface area contributed by atoms with Gasteiger partial charge in [0.05, 0.1) is 19.8 Å². The second kappa shape index (κ2) is 9.39. The molecule has 1 saturated heterocycles. The zero-order chi connectivity index (χ0) is 17.4. The molecule has 8 heteroatoms. The van der Waals surface area contributed by atoms with Crippen LogP contribution in [0, 0.1) is 6.92 Å². The summed E-state index contributed by atoms with van der Waals surface area (Å²) in [5.74, 6) is 0.720. The Bertz CT molecular complexity index is 540. The van der Waals surface area contributed by atoms with Gasteiger partial charge in [-0.25, -0.2) is 0 Å². The Balaban J connectivity index is 1.86. The van der Waals surface area contributed by atoms with E-state index in [9.17, 15) is 9.59 Å². The number of carbonyl (C=O) groups is 2. The minimum Gasteiger partial charge on any atom is -0.379 e. The van der Waals surface area contributed by atoms with Gasteiger partial charge in [-0.05, 0) is 13.3 Å². The van der Waals surface area contributed by atoms with E-state index < -0.39 is 0 Å². The molecule has 1 aromatic rings. The number of nitrogens with one attached hydrogen (secondary N) is 1. The molecule has 0 spiro atoms. The zero-order valence-corrected chi connectivity index (χ0v) is 14.4. The van der Waals surface area contributed by atoms with E-state index >= 15 is 0 Å². The summed E-state index contributed by atoms with van der Waals surface area (Å²) in [6.45, 7) is 8.16. The fraction of sp³-hybridized carbons (Fsp3) is 0.688. The van der Waals surface area contributed by atoms with Gasteiger partial charge >= 0.3 is 0 Å². The van der Waals surface area contributed by atoms with Crippen LogP contribution in [0.4, 0.5) is 5.82 Å². The molecule has 0 aliphatic carbocycles. The van der Waals surface area contributed by atoms with E-state index in [4.69, 9.17) is 9.26 Å². The number of ether oxygens (including phenoxy) is 1. The summed E-state index contributed by atoms with van der Waals surface area (Å²) in [6, 6.07) is 1.64. The second-order valence-corrected chi connectivity index (χ2v) is 5.89. The molecule has 8 nitrogen and oxygen atoms in total. The number of anilines is 1. The number of hydrogen-bond donors (Lipinski definition) is 1. The van der Waals surface area contributed by atoms with E-state index in [0.29, 0.717) is 24.5 Å². The Kier molecular flexibility index (Phi) is 7.20. The first-order chi connectivity index (χ1) is 11.6. The quantitative estimate of drug-likeness (QED) is 0.757. The second-order valence-electron chi connectivity index (χ2n) is 5.89. The molecule has 1 fully saturated rings. The van der Waals surface area contributed by atoms with Crippen molar-refractivity contribution in [2.45, 2.75) is 26.7 Å². The summed E-state index contributed by atoms with van der Waals surface area (Å²) >= 11 is 0. The van der Waals surface area contributed by atoms with Crippen LogP contribution in [0.15, 0.2) is 10.6 Å². The van der Waals surface area contributed by atoms with Crippen molar-refractivity contribution in [1.29, 1.82) is 0 Å². The van der Waals surface area contributed by atoms with Crippen LogP contribution in [-0.4, -0.2) is 72.7 Å². The molecule has 2 heterocycles. The highest BCUT2D eigenvalue weighted by Crippen LogP contribution is 2.07. The van der Waals surface area contributed by atoms with Crippen LogP contribution < -0.4 is 5.32 Å². The van der Waals surface area contributed by atoms with Crippen LogP contribution >= 0.6 is 0 Å². The van der Waals surface area contributed by atoms with Gasteiger partial charge in [0.15, 0.2) is 5.82 Å². The molecule has 1 aromatic heterocycles. The predicted molar refractivity (Wildman–Crippen MR) is 88.6 cm³/mol. The lowest BCUT2D eigenvalue weighted by Crippen LogP contribution is -2.45. The molecule has 0 bridgehead atoms. The van der Waals surface area contributed by atoms with Crippen molar-refractivity contribution in [2.75, 3.05) is 51.3 Å². The highest BCUT2D eigenvalue weighted by molar-refractivity contribution is 5.93. The molecule has 0 radical (unpaired) electrons. The zero-order valence-electron chi connectivity index (χ0n) is 14.4. The SMILES string of the molecule is CCCC(=O)N(CCN1CCOCC1)CC(=O)Nc1cc(C)on1. The molecule has 2 amide bonds. The van der Waals surface area contributed by atoms with Gasteiger partial charge < -0.3 is 19.5 Å². The first-order valence-electron chi connectivity index (χ1n) is 8.39. The fourth-order valence-corrected chi connectivity index (χ4v) is 2.53. The third-order valence-corrected chi connectivity index (χ3v) is 3.84. The van der Waals surface area contributed by atoms with Crippen molar-refractivity contribution in [3.8, 4) is 0 Å². The van der Waals surface area contributed by atoms with Gasteiger partial charge in [-0.3, -0.25) is 14.5 Å². The highest BCUT2D eigenvalue weighted by atomic mass is 16.5. The maximum Gasteiger partial charge on any atom is 0.245 e. The van der Waals surface area contributed by atoms with Crippen molar-refractivity contribution >= 4 is 17.6 Å². The van der Waals surface area contributed by atoms with Crippen LogP contribution in [-0.2, 0) is 14.3 Å². The molecule has 1 N–H and O–H groups in total. The molecule has 0 atom stereocenters. The molecule has 2 rings (SSSR count). The first-order valence-corrected chi connectivity index (χ1v) is 8.39. The van der Waals surface area contributed by atoms with Crippen molar-refractivity contribution in [3.63, 3.8) is 0 Å². The van der Waals surface area contributed by atoms with Crippen LogP contribution in [0.25, 0.3) is 0 Å². The van der Waals surface area contributed by atoms with E-state index in [1.54, 1.807) is 17.9 Å². The summed E-state index contributed by atoms with van der Waals surface area (Å²) in [6.07, 6.45) is 1.20. The van der Waals surface area contributed by atoms with E-state index in [1.807, 2.05) is 6.92 Å². The third-order valence-electron chi connectivity index (χ3n) is 3.84. The summed E-state index contributed by atoms with van der Waals surface area (Å²) < 4.78 is 10.2. The monoisotopic (exact) mass is 338 g/mol. The minimum absolute atomic E-state index is 0.00255. The molecule has 0 saturated carbocycles. The number of aryl methyl sites for hydroxylation is 1. The van der Waals surface area contributed by atoms with Crippen molar-refractivity contribution in [2.24, 2.45) is 0 Å². The van der Waals surface area contributed by atoms with Crippen LogP contribution in [0.1, 0.15) is 25.5 Å². The predicted octanol–water partition coefficient (Wildman–Crippen LogP) is 0.882. The molecule has 24 heavy (non-hydrogen) atoms. The normalized spacial score (nSPS) is 15.2. The lowest BCUT2D eigenvalue weighted by Gasteiger charge is -2.29. The number of amides is 2. The molecular weight excluding hydrogens is 312 g/mol. The molecule has 0 unspecified atom stereocenters.